The summed E-state index contributed by atoms with van der Waals surface area (Å²) in [6.07, 6.45) is 0. The van der Waals surface area contributed by atoms with E-state index in [1.54, 1.807) is 6.67 Å². The zero-order valence-electron chi connectivity index (χ0n) is 2.58. The minimum absolute atomic E-state index is 1.64. The highest BCUT2D eigenvalue weighted by Crippen LogP contribution is 1.51. The number of hydrogen-bond donors (Lipinski definition) is 4. The van der Waals surface area contributed by atoms with Crippen molar-refractivity contribution in [3.8, 4) is 0 Å². The summed E-state index contributed by atoms with van der Waals surface area (Å²) in [5.41, 5.74) is 10.4. The molecule has 1 aliphatic rings. The number of rotatable bonds is 0. The molecule has 4 N–H and O–H groups in total. The fraction of sp³-hybridized carbons (Fsp3) is 0. The van der Waals surface area contributed by atoms with Crippen LogP contribution >= 0.6 is 0 Å². The molecule has 1 heterocycles. The summed E-state index contributed by atoms with van der Waals surface area (Å²) >= 11 is 0. The molecule has 0 aliphatic carbocycles. The van der Waals surface area contributed by atoms with Crippen LogP contribution in [-0.2, 0) is 0 Å². The Hall–Kier alpha value is -0.160. The molecule has 5 heavy (non-hydrogen) atoms. The fourth-order valence-corrected chi connectivity index (χ4v) is 0.180. The van der Waals surface area contributed by atoms with Crippen LogP contribution in [0.25, 0.3) is 0 Å². The van der Waals surface area contributed by atoms with E-state index in [-0.39, 0.29) is 0 Å². The van der Waals surface area contributed by atoms with Gasteiger partial charge in [-0.25, -0.2) is 10.9 Å². The maximum Gasteiger partial charge on any atom is 0.117 e. The van der Waals surface area contributed by atoms with Gasteiger partial charge in [-0.3, -0.25) is 0 Å². The van der Waals surface area contributed by atoms with Crippen LogP contribution in [0, 0.1) is 6.67 Å². The van der Waals surface area contributed by atoms with Crippen molar-refractivity contribution in [2.45, 2.75) is 0 Å². The molecule has 1 rings (SSSR count). The van der Waals surface area contributed by atoms with Gasteiger partial charge >= 0.3 is 0 Å². The van der Waals surface area contributed by atoms with Gasteiger partial charge in [0.25, 0.3) is 0 Å². The zero-order valence-corrected chi connectivity index (χ0v) is 2.58. The molecule has 4 heteroatoms. The Morgan fingerprint density at radius 2 is 1.60 bits per heavy atom. The van der Waals surface area contributed by atoms with Crippen LogP contribution in [0.5, 0.6) is 0 Å². The first-order valence-electron chi connectivity index (χ1n) is 1.33. The van der Waals surface area contributed by atoms with E-state index < -0.39 is 0 Å². The van der Waals surface area contributed by atoms with Crippen molar-refractivity contribution in [1.82, 2.24) is 21.9 Å². The molecule has 0 spiro atoms. The predicted molar refractivity (Wildman–Crippen MR) is 16.8 cm³/mol. The second-order valence-electron chi connectivity index (χ2n) is 0.683. The first-order valence-corrected chi connectivity index (χ1v) is 1.33. The summed E-state index contributed by atoms with van der Waals surface area (Å²) in [4.78, 5) is 0. The average Bonchev–Trinajstić information content (AvgIpc) is 1.76. The van der Waals surface area contributed by atoms with Gasteiger partial charge in [-0.15, -0.1) is 0 Å². The van der Waals surface area contributed by atoms with Gasteiger partial charge in [0.05, 0.1) is 0 Å². The third-order valence-electron chi connectivity index (χ3n) is 0.351. The van der Waals surface area contributed by atoms with Crippen LogP contribution in [-0.4, -0.2) is 0 Å². The van der Waals surface area contributed by atoms with E-state index in [0.717, 1.165) is 0 Å². The highest BCUT2D eigenvalue weighted by atomic mass is 15.8. The third kappa shape index (κ3) is 0.555. The lowest BCUT2D eigenvalue weighted by molar-refractivity contribution is 0.556. The van der Waals surface area contributed by atoms with Gasteiger partial charge in [0.15, 0.2) is 0 Å². The Labute approximate surface area is 29.8 Å². The van der Waals surface area contributed by atoms with Crippen molar-refractivity contribution < 1.29 is 0 Å². The molecule has 0 aromatic heterocycles. The van der Waals surface area contributed by atoms with Gasteiger partial charge in [-0.05, 0) is 0 Å². The van der Waals surface area contributed by atoms with Crippen molar-refractivity contribution >= 4 is 0 Å². The van der Waals surface area contributed by atoms with E-state index in [1.807, 2.05) is 0 Å². The molecule has 0 aromatic carbocycles. The summed E-state index contributed by atoms with van der Waals surface area (Å²) < 4.78 is 0. The maximum atomic E-state index is 2.62. The lowest BCUT2D eigenvalue weighted by atomic mass is 11.2. The average molecular weight is 73.1 g/mol. The lowest BCUT2D eigenvalue weighted by Gasteiger charge is -1.81. The maximum absolute atomic E-state index is 2.62. The second-order valence-corrected chi connectivity index (χ2v) is 0.683. The molecule has 0 saturated carbocycles. The van der Waals surface area contributed by atoms with Crippen molar-refractivity contribution in [2.24, 2.45) is 0 Å². The SMILES string of the molecule is [CH]1NNNN1. The molecule has 1 saturated heterocycles. The van der Waals surface area contributed by atoms with Gasteiger partial charge in [-0.1, -0.05) is 0 Å². The van der Waals surface area contributed by atoms with Crippen molar-refractivity contribution in [2.75, 3.05) is 0 Å². The molecular formula is CH5N4. The van der Waals surface area contributed by atoms with Crippen molar-refractivity contribution in [3.63, 3.8) is 0 Å². The molecule has 0 aromatic rings. The van der Waals surface area contributed by atoms with E-state index >= 15 is 0 Å². The summed E-state index contributed by atoms with van der Waals surface area (Å²) in [5, 5.41) is 0. The summed E-state index contributed by atoms with van der Waals surface area (Å²) in [6, 6.07) is 0. The highest BCUT2D eigenvalue weighted by Gasteiger charge is 1.87. The van der Waals surface area contributed by atoms with E-state index in [2.05, 4.69) is 21.9 Å². The number of nitrogens with one attached hydrogen (secondary N) is 4. The lowest BCUT2D eigenvalue weighted by Crippen LogP contribution is -2.33. The molecule has 0 unspecified atom stereocenters. The largest absolute Gasteiger partial charge is 0.222 e. The smallest absolute Gasteiger partial charge is 0.117 e. The monoisotopic (exact) mass is 73.1 g/mol. The van der Waals surface area contributed by atoms with Gasteiger partial charge < -0.3 is 0 Å². The van der Waals surface area contributed by atoms with Crippen molar-refractivity contribution in [3.05, 3.63) is 6.67 Å². The minimum atomic E-state index is 1.64. The summed E-state index contributed by atoms with van der Waals surface area (Å²) in [5.74, 6) is 0. The van der Waals surface area contributed by atoms with Crippen molar-refractivity contribution in [1.29, 1.82) is 0 Å². The van der Waals surface area contributed by atoms with Crippen LogP contribution in [0.15, 0.2) is 0 Å². The fourth-order valence-electron chi connectivity index (χ4n) is 0.180. The minimum Gasteiger partial charge on any atom is -0.222 e. The van der Waals surface area contributed by atoms with E-state index in [1.165, 1.54) is 0 Å². The molecule has 0 amide bonds. The number of hydrazine groups is 3. The van der Waals surface area contributed by atoms with Crippen LogP contribution in [0.4, 0.5) is 0 Å². The first-order chi connectivity index (χ1) is 2.50. The van der Waals surface area contributed by atoms with Gasteiger partial charge in [-0.2, -0.15) is 11.1 Å². The molecule has 4 nitrogen and oxygen atoms in total. The highest BCUT2D eigenvalue weighted by molar-refractivity contribution is 4.51. The molecule has 1 radical (unpaired) electrons. The summed E-state index contributed by atoms with van der Waals surface area (Å²) in [6.45, 7) is 1.64. The van der Waals surface area contributed by atoms with Gasteiger partial charge in [0.1, 0.15) is 6.67 Å². The van der Waals surface area contributed by atoms with Gasteiger partial charge in [0, 0.05) is 0 Å². The predicted octanol–water partition coefficient (Wildman–Crippen LogP) is -1.78. The Kier molecular flexibility index (Phi) is 0.806. The first kappa shape index (κ1) is 3.05. The Balaban J connectivity index is 2.08. The topological polar surface area (TPSA) is 48.1 Å². The van der Waals surface area contributed by atoms with Gasteiger partial charge in [0.2, 0.25) is 0 Å². The summed E-state index contributed by atoms with van der Waals surface area (Å²) in [7, 11) is 0. The quantitative estimate of drug-likeness (QED) is 0.274. The van der Waals surface area contributed by atoms with E-state index in [4.69, 9.17) is 0 Å². The molecular weight excluding hydrogens is 68.0 g/mol. The molecule has 29 valence electrons. The molecule has 0 bridgehead atoms. The Bertz CT molecular complexity index is 15.2. The molecule has 0 atom stereocenters. The zero-order chi connectivity index (χ0) is 3.54. The van der Waals surface area contributed by atoms with E-state index in [0.29, 0.717) is 0 Å². The van der Waals surface area contributed by atoms with Crippen LogP contribution in [0.3, 0.4) is 0 Å². The standard InChI is InChI=1S/CH5N4/c1-2-4-5-3-1/h1-5H. The van der Waals surface area contributed by atoms with Crippen LogP contribution < -0.4 is 21.9 Å². The Morgan fingerprint density at radius 3 is 1.80 bits per heavy atom. The van der Waals surface area contributed by atoms with E-state index in [9.17, 15) is 0 Å². The second kappa shape index (κ2) is 1.32. The van der Waals surface area contributed by atoms with Crippen LogP contribution in [0.1, 0.15) is 0 Å². The third-order valence-corrected chi connectivity index (χ3v) is 0.351. The normalized spacial score (nSPS) is 24.0. The Morgan fingerprint density at radius 1 is 1.00 bits per heavy atom. The van der Waals surface area contributed by atoms with Crippen LogP contribution in [0.2, 0.25) is 0 Å². The molecule has 1 fully saturated rings. The number of hydrogen-bond acceptors (Lipinski definition) is 4. The molecule has 1 aliphatic heterocycles.